The average Bonchev–Trinajstić information content (AvgIpc) is 2.76. The molecule has 2 aliphatic heterocycles. The summed E-state index contributed by atoms with van der Waals surface area (Å²) in [5.74, 6) is 0.100. The van der Waals surface area contributed by atoms with Gasteiger partial charge < -0.3 is 9.64 Å². The summed E-state index contributed by atoms with van der Waals surface area (Å²) in [6.07, 6.45) is 1.11. The Hall–Kier alpha value is -1.39. The molecule has 108 valence electrons. The Kier molecular flexibility index (Phi) is 3.76. The van der Waals surface area contributed by atoms with Crippen molar-refractivity contribution in [3.63, 3.8) is 0 Å². The van der Waals surface area contributed by atoms with Crippen LogP contribution in [0.4, 0.5) is 0 Å². The van der Waals surface area contributed by atoms with E-state index >= 15 is 0 Å². The van der Waals surface area contributed by atoms with Crippen LogP contribution in [0.3, 0.4) is 0 Å². The van der Waals surface area contributed by atoms with Gasteiger partial charge >= 0.3 is 0 Å². The lowest BCUT2D eigenvalue weighted by molar-refractivity contribution is -0.132. The van der Waals surface area contributed by atoms with E-state index in [-0.39, 0.29) is 17.9 Å². The highest BCUT2D eigenvalue weighted by atomic mass is 16.5. The predicted molar refractivity (Wildman–Crippen MR) is 77.2 cm³/mol. The summed E-state index contributed by atoms with van der Waals surface area (Å²) < 4.78 is 5.60. The topological polar surface area (TPSA) is 32.8 Å². The van der Waals surface area contributed by atoms with E-state index in [1.54, 1.807) is 0 Å². The van der Waals surface area contributed by atoms with Gasteiger partial charge in [-0.1, -0.05) is 30.3 Å². The minimum absolute atomic E-state index is 0.100. The van der Waals surface area contributed by atoms with Crippen molar-refractivity contribution >= 4 is 5.91 Å². The van der Waals surface area contributed by atoms with E-state index in [2.05, 4.69) is 35.2 Å². The second-order valence-corrected chi connectivity index (χ2v) is 6.19. The van der Waals surface area contributed by atoms with Gasteiger partial charge in [-0.2, -0.15) is 0 Å². The molecule has 2 aliphatic rings. The lowest BCUT2D eigenvalue weighted by Gasteiger charge is -2.30. The Bertz CT molecular complexity index is 477. The summed E-state index contributed by atoms with van der Waals surface area (Å²) in [5, 5.41) is 0. The molecule has 4 nitrogen and oxygen atoms in total. The molecule has 2 saturated heterocycles. The predicted octanol–water partition coefficient (Wildman–Crippen LogP) is 1.37. The zero-order valence-electron chi connectivity index (χ0n) is 12.0. The number of carbonyl (C=O) groups is 1. The van der Waals surface area contributed by atoms with Gasteiger partial charge in [0.05, 0.1) is 6.61 Å². The molecule has 0 radical (unpaired) electrons. The molecule has 3 rings (SSSR count). The number of ether oxygens (including phenoxy) is 1. The third-order valence-electron chi connectivity index (χ3n) is 4.40. The van der Waals surface area contributed by atoms with Crippen LogP contribution < -0.4 is 0 Å². The Morgan fingerprint density at radius 3 is 2.85 bits per heavy atom. The summed E-state index contributed by atoms with van der Waals surface area (Å²) in [6, 6.07) is 10.6. The second kappa shape index (κ2) is 5.54. The third-order valence-corrected chi connectivity index (χ3v) is 4.40. The molecule has 0 bridgehead atoms. The van der Waals surface area contributed by atoms with Crippen LogP contribution in [0, 0.1) is 5.41 Å². The smallest absolute Gasteiger partial charge is 0.248 e. The van der Waals surface area contributed by atoms with Gasteiger partial charge in [-0.05, 0) is 18.5 Å². The summed E-state index contributed by atoms with van der Waals surface area (Å²) in [5.41, 5.74) is 1.47. The molecular weight excluding hydrogens is 252 g/mol. The molecule has 2 heterocycles. The highest BCUT2D eigenvalue weighted by Crippen LogP contribution is 2.33. The van der Waals surface area contributed by atoms with Crippen LogP contribution in [0.5, 0.6) is 0 Å². The number of benzene rings is 1. The standard InChI is InChI=1S/C16H22N2O2/c1-17-11-16(13-20-10-15(17)19)7-8-18(12-16)9-14-5-3-2-4-6-14/h2-6H,7-13H2,1H3. The van der Waals surface area contributed by atoms with Crippen molar-refractivity contribution in [1.82, 2.24) is 9.80 Å². The van der Waals surface area contributed by atoms with Crippen LogP contribution in [0.15, 0.2) is 30.3 Å². The van der Waals surface area contributed by atoms with E-state index in [0.29, 0.717) is 6.61 Å². The molecule has 0 N–H and O–H groups in total. The van der Waals surface area contributed by atoms with Crippen molar-refractivity contribution in [3.05, 3.63) is 35.9 Å². The molecular formula is C16H22N2O2. The lowest BCUT2D eigenvalue weighted by atomic mass is 9.88. The molecule has 1 spiro atoms. The first kappa shape index (κ1) is 13.6. The van der Waals surface area contributed by atoms with Crippen molar-refractivity contribution in [2.45, 2.75) is 13.0 Å². The third kappa shape index (κ3) is 2.86. The maximum atomic E-state index is 11.7. The number of hydrogen-bond acceptors (Lipinski definition) is 3. The van der Waals surface area contributed by atoms with Crippen LogP contribution in [0.25, 0.3) is 0 Å². The average molecular weight is 274 g/mol. The molecule has 1 amide bonds. The van der Waals surface area contributed by atoms with Gasteiger partial charge in [0.2, 0.25) is 5.91 Å². The summed E-state index contributed by atoms with van der Waals surface area (Å²) >= 11 is 0. The monoisotopic (exact) mass is 274 g/mol. The summed E-state index contributed by atoms with van der Waals surface area (Å²) in [4.78, 5) is 16.0. The highest BCUT2D eigenvalue weighted by molar-refractivity contribution is 5.77. The molecule has 4 heteroatoms. The fourth-order valence-electron chi connectivity index (χ4n) is 3.35. The Balaban J connectivity index is 1.65. The summed E-state index contributed by atoms with van der Waals surface area (Å²) in [7, 11) is 1.89. The molecule has 2 fully saturated rings. The summed E-state index contributed by atoms with van der Waals surface area (Å²) in [6.45, 7) is 4.84. The van der Waals surface area contributed by atoms with Crippen molar-refractivity contribution in [1.29, 1.82) is 0 Å². The Labute approximate surface area is 120 Å². The first-order valence-electron chi connectivity index (χ1n) is 7.25. The van der Waals surface area contributed by atoms with Gasteiger partial charge in [0, 0.05) is 32.1 Å². The van der Waals surface area contributed by atoms with Crippen LogP contribution in [0.2, 0.25) is 0 Å². The Morgan fingerprint density at radius 1 is 1.25 bits per heavy atom. The van der Waals surface area contributed by atoms with E-state index in [1.807, 2.05) is 11.9 Å². The number of nitrogens with zero attached hydrogens (tertiary/aromatic N) is 2. The quantitative estimate of drug-likeness (QED) is 0.816. The Morgan fingerprint density at radius 2 is 2.05 bits per heavy atom. The van der Waals surface area contributed by atoms with Crippen molar-refractivity contribution in [2.24, 2.45) is 5.41 Å². The van der Waals surface area contributed by atoms with E-state index < -0.39 is 0 Å². The molecule has 0 saturated carbocycles. The van der Waals surface area contributed by atoms with Crippen LogP contribution in [0.1, 0.15) is 12.0 Å². The fourth-order valence-corrected chi connectivity index (χ4v) is 3.35. The number of carbonyl (C=O) groups excluding carboxylic acids is 1. The molecule has 1 atom stereocenters. The number of likely N-dealkylation sites (N-methyl/N-ethyl adjacent to an activating group) is 1. The van der Waals surface area contributed by atoms with Crippen molar-refractivity contribution in [2.75, 3.05) is 39.9 Å². The van der Waals surface area contributed by atoms with Gasteiger partial charge in [0.25, 0.3) is 0 Å². The van der Waals surface area contributed by atoms with Gasteiger partial charge in [-0.3, -0.25) is 9.69 Å². The maximum Gasteiger partial charge on any atom is 0.248 e. The van der Waals surface area contributed by atoms with Gasteiger partial charge in [0.15, 0.2) is 0 Å². The minimum Gasteiger partial charge on any atom is -0.371 e. The lowest BCUT2D eigenvalue weighted by Crippen LogP contribution is -2.40. The molecule has 1 unspecified atom stereocenters. The zero-order chi connectivity index (χ0) is 14.0. The van der Waals surface area contributed by atoms with Crippen LogP contribution in [-0.4, -0.2) is 55.6 Å². The highest BCUT2D eigenvalue weighted by Gasteiger charge is 2.41. The minimum atomic E-state index is 0.100. The van der Waals surface area contributed by atoms with E-state index in [0.717, 1.165) is 32.6 Å². The fraction of sp³-hybridized carbons (Fsp3) is 0.562. The first-order chi connectivity index (χ1) is 9.67. The number of hydrogen-bond donors (Lipinski definition) is 0. The van der Waals surface area contributed by atoms with Gasteiger partial charge in [-0.25, -0.2) is 0 Å². The number of likely N-dealkylation sites (tertiary alicyclic amines) is 1. The van der Waals surface area contributed by atoms with Crippen molar-refractivity contribution in [3.8, 4) is 0 Å². The van der Waals surface area contributed by atoms with Gasteiger partial charge in [-0.15, -0.1) is 0 Å². The van der Waals surface area contributed by atoms with Crippen LogP contribution >= 0.6 is 0 Å². The molecule has 20 heavy (non-hydrogen) atoms. The molecule has 0 aromatic heterocycles. The first-order valence-corrected chi connectivity index (χ1v) is 7.25. The largest absolute Gasteiger partial charge is 0.371 e. The van der Waals surface area contributed by atoms with Crippen LogP contribution in [-0.2, 0) is 16.1 Å². The van der Waals surface area contributed by atoms with E-state index in [1.165, 1.54) is 5.56 Å². The normalized spacial score (nSPS) is 28.1. The molecule has 0 aliphatic carbocycles. The molecule has 1 aromatic carbocycles. The maximum absolute atomic E-state index is 11.7. The van der Waals surface area contributed by atoms with E-state index in [9.17, 15) is 4.79 Å². The van der Waals surface area contributed by atoms with Crippen molar-refractivity contribution < 1.29 is 9.53 Å². The molecule has 1 aromatic rings. The number of amides is 1. The number of rotatable bonds is 2. The van der Waals surface area contributed by atoms with Gasteiger partial charge in [0.1, 0.15) is 6.61 Å². The zero-order valence-corrected chi connectivity index (χ0v) is 12.0. The second-order valence-electron chi connectivity index (χ2n) is 6.19. The van der Waals surface area contributed by atoms with E-state index in [4.69, 9.17) is 4.74 Å². The SMILES string of the molecule is CN1CC2(CCN(Cc3ccccc3)C2)COCC1=O.